The quantitative estimate of drug-likeness (QED) is 0.201. The third-order valence-corrected chi connectivity index (χ3v) is 10.4. The molecule has 3 nitrogen and oxygen atoms in total. The van der Waals surface area contributed by atoms with Crippen LogP contribution < -0.4 is 0 Å². The fraction of sp³-hybridized carbons (Fsp3) is 0.200. The molecule has 5 heterocycles. The Labute approximate surface area is 241 Å². The Morgan fingerprint density at radius 1 is 0.675 bits per heavy atom. The van der Waals surface area contributed by atoms with Crippen molar-refractivity contribution >= 4 is 60.8 Å². The fourth-order valence-corrected chi connectivity index (χ4v) is 8.03. The first-order valence-electron chi connectivity index (χ1n) is 13.7. The third kappa shape index (κ3) is 3.92. The molecule has 7 aromatic rings. The molecule has 1 aliphatic heterocycles. The van der Waals surface area contributed by atoms with Gasteiger partial charge in [-0.25, -0.2) is 0 Å². The van der Waals surface area contributed by atoms with E-state index in [4.69, 9.17) is 9.47 Å². The maximum atomic E-state index is 6.03. The van der Waals surface area contributed by atoms with Crippen molar-refractivity contribution in [3.63, 3.8) is 0 Å². The highest BCUT2D eigenvalue weighted by Gasteiger charge is 2.30. The second-order valence-corrected chi connectivity index (χ2v) is 13.9. The van der Waals surface area contributed by atoms with Gasteiger partial charge in [-0.3, -0.25) is 0 Å². The molecule has 0 saturated carbocycles. The maximum absolute atomic E-state index is 6.03. The maximum Gasteiger partial charge on any atom is 0.193 e. The summed E-state index contributed by atoms with van der Waals surface area (Å²) in [5, 5.41) is 5.14. The number of ether oxygens (including phenoxy) is 2. The highest BCUT2D eigenvalue weighted by atomic mass is 32.1. The fourth-order valence-electron chi connectivity index (χ4n) is 5.93. The van der Waals surface area contributed by atoms with E-state index in [1.165, 1.54) is 63.9 Å². The molecule has 5 heteroatoms. The molecule has 0 spiro atoms. The summed E-state index contributed by atoms with van der Waals surface area (Å²) in [5.74, 6) is 0. The van der Waals surface area contributed by atoms with Gasteiger partial charge < -0.3 is 13.9 Å². The predicted octanol–water partition coefficient (Wildman–Crippen LogP) is 10.2. The smallest absolute Gasteiger partial charge is 0.193 e. The van der Waals surface area contributed by atoms with Gasteiger partial charge in [0, 0.05) is 36.2 Å². The molecule has 40 heavy (non-hydrogen) atoms. The predicted molar refractivity (Wildman–Crippen MR) is 170 cm³/mol. The normalized spacial score (nSPS) is 16.1. The number of aromatic nitrogens is 1. The number of hydrogen-bond acceptors (Lipinski definition) is 4. The summed E-state index contributed by atoms with van der Waals surface area (Å²) in [6.45, 7) is 7.95. The van der Waals surface area contributed by atoms with Gasteiger partial charge in [-0.2, -0.15) is 0 Å². The molecule has 0 amide bonds. The summed E-state index contributed by atoms with van der Waals surface area (Å²) in [5.41, 5.74) is 6.37. The van der Waals surface area contributed by atoms with Gasteiger partial charge in [-0.1, -0.05) is 55.8 Å². The van der Waals surface area contributed by atoms with Crippen LogP contribution in [-0.4, -0.2) is 17.6 Å². The Morgan fingerprint density at radius 2 is 1.40 bits per heavy atom. The van der Waals surface area contributed by atoms with Gasteiger partial charge in [0.25, 0.3) is 0 Å². The van der Waals surface area contributed by atoms with Crippen molar-refractivity contribution in [2.24, 2.45) is 5.41 Å². The van der Waals surface area contributed by atoms with Crippen LogP contribution in [0.4, 0.5) is 0 Å². The van der Waals surface area contributed by atoms with Gasteiger partial charge in [0.05, 0.1) is 34.6 Å². The Kier molecular flexibility index (Phi) is 5.48. The number of aryl methyl sites for hydroxylation is 1. The summed E-state index contributed by atoms with van der Waals surface area (Å²) < 4.78 is 14.5. The second-order valence-electron chi connectivity index (χ2n) is 11.7. The number of thiophene rings is 2. The summed E-state index contributed by atoms with van der Waals surface area (Å²) in [6.07, 6.45) is -0.259. The van der Waals surface area contributed by atoms with E-state index in [1.807, 2.05) is 11.3 Å². The van der Waals surface area contributed by atoms with Crippen LogP contribution in [0.25, 0.3) is 58.3 Å². The van der Waals surface area contributed by atoms with Gasteiger partial charge in [0.2, 0.25) is 0 Å². The zero-order valence-corrected chi connectivity index (χ0v) is 24.4. The summed E-state index contributed by atoms with van der Waals surface area (Å²) >= 11 is 3.61. The van der Waals surface area contributed by atoms with Crippen LogP contribution in [0.15, 0.2) is 91.0 Å². The minimum absolute atomic E-state index is 0.0731. The third-order valence-electron chi connectivity index (χ3n) is 7.93. The number of nitrogens with zero attached hydrogens (tertiary/aromatic N) is 1. The Hall–Kier alpha value is -3.48. The monoisotopic (exact) mass is 559 g/mol. The van der Waals surface area contributed by atoms with Gasteiger partial charge in [-0.05, 0) is 72.5 Å². The molecule has 0 N–H and O–H groups in total. The van der Waals surface area contributed by atoms with Gasteiger partial charge in [0.1, 0.15) is 0 Å². The Balaban J connectivity index is 1.21. The number of hydrogen-bond donors (Lipinski definition) is 0. The van der Waals surface area contributed by atoms with Crippen LogP contribution in [0.2, 0.25) is 0 Å². The van der Waals surface area contributed by atoms with Crippen LogP contribution in [0.1, 0.15) is 30.6 Å². The van der Waals surface area contributed by atoms with E-state index in [-0.39, 0.29) is 11.7 Å². The van der Waals surface area contributed by atoms with E-state index >= 15 is 0 Å². The standard InChI is InChI=1S/C35H29NO2S2/c1-21-8-10-27-23(16-21)18-29-25-7-5-4-6-24(25)26-17-22(9-11-28(26)36(27)29)30-12-13-31(39-30)32-14-15-33(40-32)34-37-19-35(2,3)20-38-34/h4-18,34H,19-20H2,1-3H3. The van der Waals surface area contributed by atoms with E-state index in [0.717, 1.165) is 18.1 Å². The van der Waals surface area contributed by atoms with Crippen molar-refractivity contribution in [2.75, 3.05) is 13.2 Å². The number of benzene rings is 3. The van der Waals surface area contributed by atoms with E-state index in [2.05, 4.69) is 116 Å². The SMILES string of the molecule is Cc1ccc2c(c1)cc1c3ccccc3c3cc(-c4ccc(-c5ccc(C6OCC(C)(C)CO6)s5)s4)ccc3n21. The lowest BCUT2D eigenvalue weighted by molar-refractivity contribution is -0.224. The molecule has 0 unspecified atom stereocenters. The van der Waals surface area contributed by atoms with Gasteiger partial charge >= 0.3 is 0 Å². The highest BCUT2D eigenvalue weighted by molar-refractivity contribution is 7.23. The molecule has 1 aliphatic rings. The Bertz CT molecular complexity index is 2070. The lowest BCUT2D eigenvalue weighted by atomic mass is 9.96. The topological polar surface area (TPSA) is 22.9 Å². The van der Waals surface area contributed by atoms with E-state index in [0.29, 0.717) is 0 Å². The lowest BCUT2D eigenvalue weighted by Crippen LogP contribution is -2.33. The molecule has 1 fully saturated rings. The summed E-state index contributed by atoms with van der Waals surface area (Å²) in [6, 6.07) is 33.7. The number of pyridine rings is 1. The molecule has 0 bridgehead atoms. The summed E-state index contributed by atoms with van der Waals surface area (Å²) in [7, 11) is 0. The first kappa shape index (κ1) is 24.3. The van der Waals surface area contributed by atoms with Crippen LogP contribution >= 0.6 is 22.7 Å². The van der Waals surface area contributed by atoms with Crippen LogP contribution in [0, 0.1) is 12.3 Å². The first-order valence-corrected chi connectivity index (χ1v) is 15.4. The molecule has 1 saturated heterocycles. The van der Waals surface area contributed by atoms with Gasteiger partial charge in [0.15, 0.2) is 6.29 Å². The van der Waals surface area contributed by atoms with E-state index in [9.17, 15) is 0 Å². The average Bonchev–Trinajstić information content (AvgIpc) is 3.71. The largest absolute Gasteiger partial charge is 0.347 e. The van der Waals surface area contributed by atoms with Crippen molar-refractivity contribution in [3.05, 3.63) is 101 Å². The van der Waals surface area contributed by atoms with Crippen molar-refractivity contribution in [2.45, 2.75) is 27.1 Å². The molecule has 4 aromatic heterocycles. The molecule has 0 atom stereocenters. The van der Waals surface area contributed by atoms with Crippen molar-refractivity contribution in [1.82, 2.24) is 4.40 Å². The minimum atomic E-state index is -0.259. The number of fused-ring (bicyclic) bond motifs is 8. The van der Waals surface area contributed by atoms with E-state index < -0.39 is 0 Å². The molecule has 0 aliphatic carbocycles. The van der Waals surface area contributed by atoms with Crippen molar-refractivity contribution in [1.29, 1.82) is 0 Å². The van der Waals surface area contributed by atoms with E-state index in [1.54, 1.807) is 11.3 Å². The van der Waals surface area contributed by atoms with Crippen LogP contribution in [0.3, 0.4) is 0 Å². The highest BCUT2D eigenvalue weighted by Crippen LogP contribution is 2.42. The number of rotatable bonds is 3. The first-order chi connectivity index (χ1) is 19.4. The molecule has 8 rings (SSSR count). The Morgan fingerprint density at radius 3 is 2.25 bits per heavy atom. The molecule has 3 aromatic carbocycles. The minimum Gasteiger partial charge on any atom is -0.347 e. The van der Waals surface area contributed by atoms with Crippen LogP contribution in [0.5, 0.6) is 0 Å². The summed E-state index contributed by atoms with van der Waals surface area (Å²) in [4.78, 5) is 4.94. The molecular formula is C35H29NO2S2. The molecule has 0 radical (unpaired) electrons. The van der Waals surface area contributed by atoms with Gasteiger partial charge in [-0.15, -0.1) is 22.7 Å². The van der Waals surface area contributed by atoms with Crippen LogP contribution in [-0.2, 0) is 9.47 Å². The lowest BCUT2D eigenvalue weighted by Gasteiger charge is -2.34. The van der Waals surface area contributed by atoms with Crippen molar-refractivity contribution < 1.29 is 9.47 Å². The molecule has 198 valence electrons. The molecular weight excluding hydrogens is 531 g/mol. The van der Waals surface area contributed by atoms with Crippen molar-refractivity contribution in [3.8, 4) is 20.2 Å². The zero-order valence-electron chi connectivity index (χ0n) is 22.7. The second kappa shape index (κ2) is 9.02. The average molecular weight is 560 g/mol. The zero-order chi connectivity index (χ0) is 27.0.